The van der Waals surface area contributed by atoms with Crippen molar-refractivity contribution in [1.82, 2.24) is 9.80 Å². The van der Waals surface area contributed by atoms with Gasteiger partial charge in [0.2, 0.25) is 5.91 Å². The summed E-state index contributed by atoms with van der Waals surface area (Å²) in [5.41, 5.74) is 2.64. The van der Waals surface area contributed by atoms with E-state index in [0.717, 1.165) is 19.3 Å². The van der Waals surface area contributed by atoms with Gasteiger partial charge >= 0.3 is 0 Å². The molecule has 0 saturated carbocycles. The maximum absolute atomic E-state index is 12.6. The van der Waals surface area contributed by atoms with E-state index in [1.54, 1.807) is 6.08 Å². The summed E-state index contributed by atoms with van der Waals surface area (Å²) >= 11 is 0. The summed E-state index contributed by atoms with van der Waals surface area (Å²) in [6.07, 6.45) is 4.99. The van der Waals surface area contributed by atoms with E-state index in [-0.39, 0.29) is 18.6 Å². The van der Waals surface area contributed by atoms with Crippen LogP contribution in [0.15, 0.2) is 36.9 Å². The van der Waals surface area contributed by atoms with Crippen molar-refractivity contribution >= 4 is 5.91 Å². The third-order valence-electron chi connectivity index (χ3n) is 4.36. The number of likely N-dealkylation sites (N-methyl/N-ethyl adjacent to an activating group) is 1. The molecular weight excluding hydrogens is 276 g/mol. The Labute approximate surface area is 133 Å². The van der Waals surface area contributed by atoms with Crippen molar-refractivity contribution in [2.24, 2.45) is 0 Å². The predicted molar refractivity (Wildman–Crippen MR) is 88.6 cm³/mol. The van der Waals surface area contributed by atoms with Crippen LogP contribution >= 0.6 is 0 Å². The minimum Gasteiger partial charge on any atom is -0.395 e. The van der Waals surface area contributed by atoms with E-state index in [4.69, 9.17) is 5.11 Å². The SMILES string of the molecule is C=CCN(CCO)CC(=O)N(C)C1CCCc2ccccc21. The molecule has 120 valence electrons. The minimum absolute atomic E-state index is 0.0527. The average Bonchev–Trinajstić information content (AvgIpc) is 2.54. The number of carbonyl (C=O) groups excluding carboxylic acids is 1. The Morgan fingerprint density at radius 3 is 2.95 bits per heavy atom. The fraction of sp³-hybridized carbons (Fsp3) is 0.500. The van der Waals surface area contributed by atoms with E-state index in [2.05, 4.69) is 24.8 Å². The summed E-state index contributed by atoms with van der Waals surface area (Å²) in [5, 5.41) is 9.09. The largest absolute Gasteiger partial charge is 0.395 e. The van der Waals surface area contributed by atoms with Gasteiger partial charge in [-0.15, -0.1) is 6.58 Å². The first-order chi connectivity index (χ1) is 10.7. The van der Waals surface area contributed by atoms with Gasteiger partial charge in [0.05, 0.1) is 19.2 Å². The number of benzene rings is 1. The summed E-state index contributed by atoms with van der Waals surface area (Å²) in [6.45, 7) is 5.19. The molecule has 1 unspecified atom stereocenters. The summed E-state index contributed by atoms with van der Waals surface area (Å²) < 4.78 is 0. The molecule has 0 spiro atoms. The second-order valence-electron chi connectivity index (χ2n) is 5.86. The molecule has 22 heavy (non-hydrogen) atoms. The number of hydrogen-bond donors (Lipinski definition) is 1. The number of rotatable bonds is 7. The standard InChI is InChI=1S/C18H26N2O2/c1-3-11-20(12-13-21)14-18(22)19(2)17-10-6-8-15-7-4-5-9-16(15)17/h3-5,7,9,17,21H,1,6,8,10-14H2,2H3. The topological polar surface area (TPSA) is 43.8 Å². The highest BCUT2D eigenvalue weighted by Gasteiger charge is 2.26. The van der Waals surface area contributed by atoms with Crippen molar-refractivity contribution in [3.05, 3.63) is 48.0 Å². The molecule has 4 nitrogen and oxygen atoms in total. The van der Waals surface area contributed by atoms with E-state index >= 15 is 0 Å². The molecule has 4 heteroatoms. The zero-order valence-electron chi connectivity index (χ0n) is 13.4. The lowest BCUT2D eigenvalue weighted by atomic mass is 9.87. The monoisotopic (exact) mass is 302 g/mol. The smallest absolute Gasteiger partial charge is 0.237 e. The fourth-order valence-electron chi connectivity index (χ4n) is 3.17. The van der Waals surface area contributed by atoms with Gasteiger partial charge in [-0.1, -0.05) is 30.3 Å². The van der Waals surface area contributed by atoms with Crippen LogP contribution in [0.5, 0.6) is 0 Å². The van der Waals surface area contributed by atoms with E-state index in [9.17, 15) is 4.79 Å². The van der Waals surface area contributed by atoms with Crippen LogP contribution in [0.3, 0.4) is 0 Å². The van der Waals surface area contributed by atoms with Crippen LogP contribution in [0.2, 0.25) is 0 Å². The molecule has 0 heterocycles. The number of aryl methyl sites for hydroxylation is 1. The Morgan fingerprint density at radius 1 is 1.45 bits per heavy atom. The number of fused-ring (bicyclic) bond motifs is 1. The van der Waals surface area contributed by atoms with Crippen molar-refractivity contribution in [3.63, 3.8) is 0 Å². The van der Waals surface area contributed by atoms with Gasteiger partial charge in [-0.2, -0.15) is 0 Å². The summed E-state index contributed by atoms with van der Waals surface area (Å²) in [5.74, 6) is 0.0944. The first-order valence-corrected chi connectivity index (χ1v) is 7.95. The lowest BCUT2D eigenvalue weighted by molar-refractivity contribution is -0.133. The molecule has 0 aliphatic heterocycles. The third kappa shape index (κ3) is 3.96. The number of nitrogens with zero attached hydrogens (tertiary/aromatic N) is 2. The number of carbonyl (C=O) groups is 1. The first-order valence-electron chi connectivity index (χ1n) is 7.95. The number of amides is 1. The predicted octanol–water partition coefficient (Wildman–Crippen LogP) is 2.00. The molecule has 2 rings (SSSR count). The van der Waals surface area contributed by atoms with Gasteiger partial charge in [-0.25, -0.2) is 0 Å². The Balaban J connectivity index is 2.06. The third-order valence-corrected chi connectivity index (χ3v) is 4.36. The fourth-order valence-corrected chi connectivity index (χ4v) is 3.17. The minimum atomic E-state index is 0.0527. The molecule has 0 radical (unpaired) electrons. The van der Waals surface area contributed by atoms with Crippen LogP contribution in [0.25, 0.3) is 0 Å². The van der Waals surface area contributed by atoms with Crippen LogP contribution in [0, 0.1) is 0 Å². The van der Waals surface area contributed by atoms with Crippen molar-refractivity contribution < 1.29 is 9.90 Å². The van der Waals surface area contributed by atoms with Crippen molar-refractivity contribution in [2.75, 3.05) is 33.3 Å². The molecule has 1 N–H and O–H groups in total. The van der Waals surface area contributed by atoms with E-state index in [1.807, 2.05) is 22.9 Å². The molecule has 1 atom stereocenters. The molecule has 1 aromatic rings. The molecule has 0 saturated heterocycles. The van der Waals surface area contributed by atoms with Gasteiger partial charge < -0.3 is 10.0 Å². The number of aliphatic hydroxyl groups excluding tert-OH is 1. The highest BCUT2D eigenvalue weighted by Crippen LogP contribution is 2.33. The van der Waals surface area contributed by atoms with E-state index in [1.165, 1.54) is 11.1 Å². The molecule has 0 aromatic heterocycles. The van der Waals surface area contributed by atoms with Crippen molar-refractivity contribution in [3.8, 4) is 0 Å². The van der Waals surface area contributed by atoms with Crippen LogP contribution in [0.1, 0.15) is 30.0 Å². The van der Waals surface area contributed by atoms with Crippen LogP contribution in [-0.4, -0.2) is 54.1 Å². The van der Waals surface area contributed by atoms with Crippen LogP contribution < -0.4 is 0 Å². The van der Waals surface area contributed by atoms with E-state index in [0.29, 0.717) is 19.6 Å². The Bertz CT molecular complexity index is 516. The Morgan fingerprint density at radius 2 is 2.23 bits per heavy atom. The Hall–Kier alpha value is -1.65. The Kier molecular flexibility index (Phi) is 6.16. The quantitative estimate of drug-likeness (QED) is 0.784. The zero-order valence-corrected chi connectivity index (χ0v) is 13.4. The average molecular weight is 302 g/mol. The van der Waals surface area contributed by atoms with Gasteiger partial charge in [-0.05, 0) is 30.4 Å². The lowest BCUT2D eigenvalue weighted by Crippen LogP contribution is -2.41. The lowest BCUT2D eigenvalue weighted by Gasteiger charge is -2.34. The molecule has 0 fully saturated rings. The second-order valence-corrected chi connectivity index (χ2v) is 5.86. The van der Waals surface area contributed by atoms with Crippen LogP contribution in [-0.2, 0) is 11.2 Å². The summed E-state index contributed by atoms with van der Waals surface area (Å²) in [4.78, 5) is 16.4. The molecular formula is C18H26N2O2. The van der Waals surface area contributed by atoms with E-state index < -0.39 is 0 Å². The molecule has 0 bridgehead atoms. The first kappa shape index (κ1) is 16.7. The van der Waals surface area contributed by atoms with Gasteiger partial charge in [0.25, 0.3) is 0 Å². The van der Waals surface area contributed by atoms with Gasteiger partial charge in [0.1, 0.15) is 0 Å². The molecule has 1 aromatic carbocycles. The van der Waals surface area contributed by atoms with Gasteiger partial charge in [-0.3, -0.25) is 9.69 Å². The van der Waals surface area contributed by atoms with Crippen molar-refractivity contribution in [1.29, 1.82) is 0 Å². The molecule has 1 aliphatic carbocycles. The summed E-state index contributed by atoms with van der Waals surface area (Å²) in [7, 11) is 1.89. The zero-order chi connectivity index (χ0) is 15.9. The second kappa shape index (κ2) is 8.11. The molecule has 1 amide bonds. The highest BCUT2D eigenvalue weighted by atomic mass is 16.3. The van der Waals surface area contributed by atoms with Gasteiger partial charge in [0, 0.05) is 20.1 Å². The maximum atomic E-state index is 12.6. The van der Waals surface area contributed by atoms with Crippen LogP contribution in [0.4, 0.5) is 0 Å². The van der Waals surface area contributed by atoms with Crippen molar-refractivity contribution in [2.45, 2.75) is 25.3 Å². The number of aliphatic hydroxyl groups is 1. The normalized spacial score (nSPS) is 17.1. The maximum Gasteiger partial charge on any atom is 0.237 e. The number of hydrogen-bond acceptors (Lipinski definition) is 3. The molecule has 1 aliphatic rings. The summed E-state index contributed by atoms with van der Waals surface area (Å²) in [6, 6.07) is 8.58. The highest BCUT2D eigenvalue weighted by molar-refractivity contribution is 5.78. The van der Waals surface area contributed by atoms with Gasteiger partial charge in [0.15, 0.2) is 0 Å².